The zero-order chi connectivity index (χ0) is 11.4. The number of nitrogens with zero attached hydrogens (tertiary/aromatic N) is 2. The van der Waals surface area contributed by atoms with Crippen LogP contribution in [0.25, 0.3) is 0 Å². The summed E-state index contributed by atoms with van der Waals surface area (Å²) in [6.45, 7) is 0. The fourth-order valence-corrected chi connectivity index (χ4v) is 0.915. The van der Waals surface area contributed by atoms with Crippen molar-refractivity contribution in [2.45, 2.75) is 6.04 Å². The lowest BCUT2D eigenvalue weighted by atomic mass is 10.3. The van der Waals surface area contributed by atoms with E-state index in [1.54, 1.807) is 0 Å². The fraction of sp³-hybridized carbons (Fsp3) is 0.375. The molecule has 0 fully saturated rings. The molecule has 0 radical (unpaired) electrons. The summed E-state index contributed by atoms with van der Waals surface area (Å²) in [5, 5.41) is 8.65. The Morgan fingerprint density at radius 2 is 2.20 bits per heavy atom. The summed E-state index contributed by atoms with van der Waals surface area (Å²) in [5.41, 5.74) is 5.33. The molecule has 1 heterocycles. The second-order valence-corrected chi connectivity index (χ2v) is 2.62. The van der Waals surface area contributed by atoms with E-state index >= 15 is 0 Å². The topological polar surface area (TPSA) is 108 Å². The van der Waals surface area contributed by atoms with E-state index in [4.69, 9.17) is 20.3 Å². The third-order valence-corrected chi connectivity index (χ3v) is 1.70. The second-order valence-electron chi connectivity index (χ2n) is 2.62. The average Bonchev–Trinajstić information content (AvgIpc) is 2.26. The minimum Gasteiger partial charge on any atom is -0.490 e. The van der Waals surface area contributed by atoms with E-state index in [1.165, 1.54) is 20.4 Å². The van der Waals surface area contributed by atoms with Gasteiger partial charge in [-0.3, -0.25) is 4.79 Å². The van der Waals surface area contributed by atoms with Gasteiger partial charge in [-0.25, -0.2) is 4.98 Å². The van der Waals surface area contributed by atoms with Crippen molar-refractivity contribution in [1.29, 1.82) is 0 Å². The Kier molecular flexibility index (Phi) is 3.40. The van der Waals surface area contributed by atoms with E-state index in [9.17, 15) is 4.79 Å². The molecule has 0 saturated heterocycles. The highest BCUT2D eigenvalue weighted by Gasteiger charge is 2.19. The summed E-state index contributed by atoms with van der Waals surface area (Å²) < 4.78 is 9.78. The molecule has 15 heavy (non-hydrogen) atoms. The van der Waals surface area contributed by atoms with Crippen molar-refractivity contribution in [2.24, 2.45) is 5.73 Å². The zero-order valence-electron chi connectivity index (χ0n) is 8.30. The van der Waals surface area contributed by atoms with Crippen LogP contribution in [-0.2, 0) is 4.79 Å². The van der Waals surface area contributed by atoms with Crippen LogP contribution in [0.3, 0.4) is 0 Å². The molecule has 3 N–H and O–H groups in total. The molecular weight excluding hydrogens is 202 g/mol. The van der Waals surface area contributed by atoms with Crippen molar-refractivity contribution in [3.8, 4) is 11.6 Å². The molecule has 0 spiro atoms. The first kappa shape index (κ1) is 11.2. The van der Waals surface area contributed by atoms with Crippen LogP contribution in [0, 0.1) is 0 Å². The van der Waals surface area contributed by atoms with E-state index in [0.717, 1.165) is 0 Å². The number of carbonyl (C=O) groups is 1. The predicted molar refractivity (Wildman–Crippen MR) is 49.7 cm³/mol. The molecule has 7 nitrogen and oxygen atoms in total. The zero-order valence-corrected chi connectivity index (χ0v) is 8.30. The number of methoxy groups -OCH3 is 2. The summed E-state index contributed by atoms with van der Waals surface area (Å²) in [6, 6.07) is -1.27. The average molecular weight is 213 g/mol. The smallest absolute Gasteiger partial charge is 0.328 e. The van der Waals surface area contributed by atoms with Crippen LogP contribution in [0.2, 0.25) is 0 Å². The molecule has 0 aliphatic carbocycles. The summed E-state index contributed by atoms with van der Waals surface area (Å²) in [6.07, 6.45) is 1.31. The van der Waals surface area contributed by atoms with Crippen LogP contribution in [0.1, 0.15) is 11.9 Å². The van der Waals surface area contributed by atoms with E-state index in [2.05, 4.69) is 9.97 Å². The minimum atomic E-state index is -1.27. The largest absolute Gasteiger partial charge is 0.490 e. The molecule has 1 aromatic heterocycles. The van der Waals surface area contributed by atoms with Crippen LogP contribution in [0.4, 0.5) is 0 Å². The number of ether oxygens (including phenoxy) is 2. The third-order valence-electron chi connectivity index (χ3n) is 1.70. The van der Waals surface area contributed by atoms with Crippen LogP contribution in [-0.4, -0.2) is 35.3 Å². The quantitative estimate of drug-likeness (QED) is 0.699. The van der Waals surface area contributed by atoms with Gasteiger partial charge in [0, 0.05) is 0 Å². The number of hydrogen-bond donors (Lipinski definition) is 2. The molecule has 1 unspecified atom stereocenters. The Morgan fingerprint density at radius 3 is 2.67 bits per heavy atom. The maximum Gasteiger partial charge on any atom is 0.328 e. The van der Waals surface area contributed by atoms with Gasteiger partial charge < -0.3 is 20.3 Å². The Morgan fingerprint density at radius 1 is 1.53 bits per heavy atom. The molecule has 0 aromatic carbocycles. The lowest BCUT2D eigenvalue weighted by Gasteiger charge is -2.09. The highest BCUT2D eigenvalue weighted by atomic mass is 16.5. The van der Waals surface area contributed by atoms with E-state index < -0.39 is 12.0 Å². The van der Waals surface area contributed by atoms with E-state index in [-0.39, 0.29) is 11.7 Å². The molecule has 1 atom stereocenters. The maximum absolute atomic E-state index is 10.6. The number of carboxylic acid groups (broad SMARTS) is 1. The Bertz CT molecular complexity index is 369. The van der Waals surface area contributed by atoms with Crippen molar-refractivity contribution < 1.29 is 19.4 Å². The van der Waals surface area contributed by atoms with Crippen LogP contribution < -0.4 is 15.2 Å². The highest BCUT2D eigenvalue weighted by Crippen LogP contribution is 2.23. The summed E-state index contributed by atoms with van der Waals surface area (Å²) in [4.78, 5) is 18.2. The van der Waals surface area contributed by atoms with Crippen LogP contribution >= 0.6 is 0 Å². The molecule has 7 heteroatoms. The van der Waals surface area contributed by atoms with Gasteiger partial charge in [0.25, 0.3) is 5.88 Å². The van der Waals surface area contributed by atoms with Crippen molar-refractivity contribution in [3.63, 3.8) is 0 Å². The van der Waals surface area contributed by atoms with E-state index in [1.807, 2.05) is 0 Å². The van der Waals surface area contributed by atoms with E-state index in [0.29, 0.717) is 5.75 Å². The molecule has 0 amide bonds. The van der Waals surface area contributed by atoms with Gasteiger partial charge in [-0.15, -0.1) is 0 Å². The van der Waals surface area contributed by atoms with Gasteiger partial charge in [-0.05, 0) is 0 Å². The SMILES string of the molecule is COc1cnc(C(N)C(=O)O)nc1OC. The van der Waals surface area contributed by atoms with Gasteiger partial charge in [-0.1, -0.05) is 0 Å². The minimum absolute atomic E-state index is 0.0276. The second kappa shape index (κ2) is 4.56. The van der Waals surface area contributed by atoms with Gasteiger partial charge >= 0.3 is 5.97 Å². The Labute approximate surface area is 85.9 Å². The van der Waals surface area contributed by atoms with Crippen LogP contribution in [0.5, 0.6) is 11.6 Å². The Hall–Kier alpha value is -1.89. The standard InChI is InChI=1S/C8H11N3O4/c1-14-4-3-10-6(5(9)8(12)13)11-7(4)15-2/h3,5H,9H2,1-2H3,(H,12,13). The van der Waals surface area contributed by atoms with Crippen molar-refractivity contribution in [2.75, 3.05) is 14.2 Å². The van der Waals surface area contributed by atoms with Gasteiger partial charge in [0.2, 0.25) is 0 Å². The highest BCUT2D eigenvalue weighted by molar-refractivity contribution is 5.74. The third kappa shape index (κ3) is 2.32. The van der Waals surface area contributed by atoms with Crippen molar-refractivity contribution in [1.82, 2.24) is 9.97 Å². The van der Waals surface area contributed by atoms with Gasteiger partial charge in [-0.2, -0.15) is 4.98 Å². The van der Waals surface area contributed by atoms with Crippen molar-refractivity contribution in [3.05, 3.63) is 12.0 Å². The molecule has 0 aliphatic rings. The molecule has 0 bridgehead atoms. The number of hydrogen-bond acceptors (Lipinski definition) is 6. The molecule has 0 aliphatic heterocycles. The number of aromatic nitrogens is 2. The monoisotopic (exact) mass is 213 g/mol. The van der Waals surface area contributed by atoms with Crippen molar-refractivity contribution >= 4 is 5.97 Å². The molecule has 1 aromatic rings. The first-order valence-electron chi connectivity index (χ1n) is 4.03. The van der Waals surface area contributed by atoms with Gasteiger partial charge in [0.05, 0.1) is 20.4 Å². The molecule has 1 rings (SSSR count). The maximum atomic E-state index is 10.6. The summed E-state index contributed by atoms with van der Waals surface area (Å²) >= 11 is 0. The lowest BCUT2D eigenvalue weighted by Crippen LogP contribution is -2.23. The molecule has 82 valence electrons. The summed E-state index contributed by atoms with van der Waals surface area (Å²) in [5.74, 6) is -0.764. The predicted octanol–water partition coefficient (Wildman–Crippen LogP) is -0.422. The van der Waals surface area contributed by atoms with Gasteiger partial charge in [0.15, 0.2) is 17.6 Å². The lowest BCUT2D eigenvalue weighted by molar-refractivity contribution is -0.138. The fourth-order valence-electron chi connectivity index (χ4n) is 0.915. The Balaban J connectivity index is 3.07. The number of carboxylic acids is 1. The molecule has 0 saturated carbocycles. The number of nitrogens with two attached hydrogens (primary N) is 1. The summed E-state index contributed by atoms with van der Waals surface area (Å²) in [7, 11) is 2.82. The normalized spacial score (nSPS) is 11.9. The van der Waals surface area contributed by atoms with Gasteiger partial charge in [0.1, 0.15) is 0 Å². The first-order chi connectivity index (χ1) is 7.10. The number of aliphatic carboxylic acids is 1. The molecular formula is C8H11N3O4. The van der Waals surface area contributed by atoms with Crippen LogP contribution in [0.15, 0.2) is 6.20 Å². The number of rotatable bonds is 4. The first-order valence-corrected chi connectivity index (χ1v) is 4.03.